The molecule has 4 aromatic rings. The monoisotopic (exact) mass is 488 g/mol. The van der Waals surface area contributed by atoms with Crippen LogP contribution in [0.3, 0.4) is 0 Å². The Morgan fingerprint density at radius 1 is 1.08 bits per heavy atom. The van der Waals surface area contributed by atoms with Gasteiger partial charge in [0.15, 0.2) is 5.82 Å². The fourth-order valence-corrected chi connectivity index (χ4v) is 4.63. The van der Waals surface area contributed by atoms with Gasteiger partial charge < -0.3 is 14.3 Å². The van der Waals surface area contributed by atoms with Crippen LogP contribution >= 0.6 is 0 Å². The van der Waals surface area contributed by atoms with E-state index in [0.717, 1.165) is 29.8 Å². The summed E-state index contributed by atoms with van der Waals surface area (Å²) in [5, 5.41) is 4.50. The van der Waals surface area contributed by atoms with Gasteiger partial charge in [0.1, 0.15) is 18.0 Å². The molecule has 0 radical (unpaired) electrons. The zero-order valence-corrected chi connectivity index (χ0v) is 20.9. The van der Waals surface area contributed by atoms with Crippen molar-refractivity contribution in [3.63, 3.8) is 0 Å². The number of fused-ring (bicyclic) bond motifs is 1. The van der Waals surface area contributed by atoms with Gasteiger partial charge in [0.05, 0.1) is 10.9 Å². The van der Waals surface area contributed by atoms with Crippen molar-refractivity contribution in [1.82, 2.24) is 25.0 Å². The average molecular weight is 489 g/mol. The zero-order chi connectivity index (χ0) is 25.4. The summed E-state index contributed by atoms with van der Waals surface area (Å²) in [5.74, 6) is 1.96. The maximum Gasteiger partial charge on any atom is 0.253 e. The van der Waals surface area contributed by atoms with Crippen molar-refractivity contribution in [2.45, 2.75) is 38.5 Å². The van der Waals surface area contributed by atoms with Crippen LogP contribution in [0.1, 0.15) is 60.6 Å². The summed E-state index contributed by atoms with van der Waals surface area (Å²) in [6.07, 6.45) is 3.12. The highest BCUT2D eigenvalue weighted by Gasteiger charge is 2.28. The number of carbonyl (C=O) groups is 1. The summed E-state index contributed by atoms with van der Waals surface area (Å²) in [6.45, 7) is 5.47. The van der Waals surface area contributed by atoms with Crippen molar-refractivity contribution in [3.05, 3.63) is 65.8 Å². The molecule has 8 nitrogen and oxygen atoms in total. The molecule has 2 aromatic heterocycles. The fourth-order valence-electron chi connectivity index (χ4n) is 4.63. The standard InChI is InChI=1S/C27H29FN6O2/c1-16(2)24-31-26(36-32-24)18-11-13-34(14-12-18)25-22-21(28)10-9-20(23(22)29-15-30-25)17-5-7-19(8-6-17)27(35)33(3)4/h5-10,15-16,18H,11-14H2,1-4H3. The number of halogens is 1. The second-order valence-corrected chi connectivity index (χ2v) is 9.70. The molecule has 0 bridgehead atoms. The first-order chi connectivity index (χ1) is 17.3. The van der Waals surface area contributed by atoms with Gasteiger partial charge in [-0.1, -0.05) is 31.1 Å². The van der Waals surface area contributed by atoms with Crippen LogP contribution in [-0.2, 0) is 0 Å². The largest absolute Gasteiger partial charge is 0.356 e. The lowest BCUT2D eigenvalue weighted by molar-refractivity contribution is 0.0827. The molecule has 186 valence electrons. The van der Waals surface area contributed by atoms with E-state index in [1.165, 1.54) is 17.3 Å². The maximum atomic E-state index is 15.2. The van der Waals surface area contributed by atoms with Gasteiger partial charge in [-0.3, -0.25) is 4.79 Å². The van der Waals surface area contributed by atoms with E-state index < -0.39 is 0 Å². The second kappa shape index (κ2) is 9.64. The molecule has 36 heavy (non-hydrogen) atoms. The minimum absolute atomic E-state index is 0.0699. The van der Waals surface area contributed by atoms with E-state index in [9.17, 15) is 4.79 Å². The van der Waals surface area contributed by atoms with E-state index in [1.54, 1.807) is 32.3 Å². The minimum atomic E-state index is -0.357. The predicted octanol–water partition coefficient (Wildman–Crippen LogP) is 5.03. The zero-order valence-electron chi connectivity index (χ0n) is 20.9. The first-order valence-corrected chi connectivity index (χ1v) is 12.2. The molecular formula is C27H29FN6O2. The van der Waals surface area contributed by atoms with Crippen LogP contribution in [-0.4, -0.2) is 58.1 Å². The van der Waals surface area contributed by atoms with Crippen LogP contribution in [0.2, 0.25) is 0 Å². The first kappa shape index (κ1) is 23.8. The lowest BCUT2D eigenvalue weighted by atomic mass is 9.96. The highest BCUT2D eigenvalue weighted by Crippen LogP contribution is 2.36. The van der Waals surface area contributed by atoms with E-state index in [1.807, 2.05) is 26.0 Å². The number of nitrogens with zero attached hydrogens (tertiary/aromatic N) is 6. The van der Waals surface area contributed by atoms with Crippen molar-refractivity contribution < 1.29 is 13.7 Å². The number of carbonyl (C=O) groups excluding carboxylic acids is 1. The summed E-state index contributed by atoms with van der Waals surface area (Å²) in [4.78, 5) is 29.4. The second-order valence-electron chi connectivity index (χ2n) is 9.70. The van der Waals surface area contributed by atoms with Gasteiger partial charge in [-0.05, 0) is 42.7 Å². The number of benzene rings is 2. The van der Waals surface area contributed by atoms with Crippen molar-refractivity contribution in [2.75, 3.05) is 32.1 Å². The van der Waals surface area contributed by atoms with Gasteiger partial charge in [-0.25, -0.2) is 14.4 Å². The Kier molecular flexibility index (Phi) is 6.38. The summed E-state index contributed by atoms with van der Waals surface area (Å²) >= 11 is 0. The molecule has 3 heterocycles. The van der Waals surface area contributed by atoms with Gasteiger partial charge >= 0.3 is 0 Å². The Morgan fingerprint density at radius 2 is 1.81 bits per heavy atom. The Hall–Kier alpha value is -3.88. The molecule has 5 rings (SSSR count). The van der Waals surface area contributed by atoms with Crippen LogP contribution in [0.5, 0.6) is 0 Å². The molecule has 1 amide bonds. The van der Waals surface area contributed by atoms with E-state index >= 15 is 4.39 Å². The third-order valence-electron chi connectivity index (χ3n) is 6.68. The van der Waals surface area contributed by atoms with Crippen LogP contribution in [0.25, 0.3) is 22.0 Å². The predicted molar refractivity (Wildman–Crippen MR) is 136 cm³/mol. The summed E-state index contributed by atoms with van der Waals surface area (Å²) in [7, 11) is 3.44. The Labute approximate surface area is 209 Å². The van der Waals surface area contributed by atoms with Gasteiger partial charge in [-0.2, -0.15) is 4.98 Å². The minimum Gasteiger partial charge on any atom is -0.356 e. The number of hydrogen-bond acceptors (Lipinski definition) is 7. The number of hydrogen-bond donors (Lipinski definition) is 0. The van der Waals surface area contributed by atoms with Crippen molar-refractivity contribution in [2.24, 2.45) is 0 Å². The molecule has 1 aliphatic rings. The number of anilines is 1. The van der Waals surface area contributed by atoms with Crippen molar-refractivity contribution in [3.8, 4) is 11.1 Å². The SMILES string of the molecule is CC(C)c1noc(C2CCN(c3ncnc4c(-c5ccc(C(=O)N(C)C)cc5)ccc(F)c34)CC2)n1. The van der Waals surface area contributed by atoms with E-state index in [-0.39, 0.29) is 23.6 Å². The normalized spacial score (nSPS) is 14.6. The van der Waals surface area contributed by atoms with E-state index in [2.05, 4.69) is 25.0 Å². The third kappa shape index (κ3) is 4.41. The van der Waals surface area contributed by atoms with E-state index in [4.69, 9.17) is 4.52 Å². The molecule has 0 aliphatic carbocycles. The molecule has 0 unspecified atom stereocenters. The molecule has 1 aliphatic heterocycles. The van der Waals surface area contributed by atoms with Crippen LogP contribution in [0.15, 0.2) is 47.2 Å². The van der Waals surface area contributed by atoms with Gasteiger partial charge in [0.2, 0.25) is 5.89 Å². The molecule has 0 saturated carbocycles. The Bertz CT molecular complexity index is 1390. The maximum absolute atomic E-state index is 15.2. The number of piperidine rings is 1. The number of aromatic nitrogens is 4. The van der Waals surface area contributed by atoms with Crippen LogP contribution < -0.4 is 4.90 Å². The molecule has 1 fully saturated rings. The molecular weight excluding hydrogens is 459 g/mol. The lowest BCUT2D eigenvalue weighted by Gasteiger charge is -2.32. The van der Waals surface area contributed by atoms with Crippen molar-refractivity contribution in [1.29, 1.82) is 0 Å². The van der Waals surface area contributed by atoms with E-state index in [0.29, 0.717) is 41.3 Å². The smallest absolute Gasteiger partial charge is 0.253 e. The topological polar surface area (TPSA) is 88.2 Å². The molecule has 0 N–H and O–H groups in total. The van der Waals surface area contributed by atoms with Crippen LogP contribution in [0.4, 0.5) is 10.2 Å². The number of rotatable bonds is 5. The lowest BCUT2D eigenvalue weighted by Crippen LogP contribution is -2.34. The summed E-state index contributed by atoms with van der Waals surface area (Å²) in [5.41, 5.74) is 2.79. The van der Waals surface area contributed by atoms with Crippen molar-refractivity contribution >= 4 is 22.6 Å². The van der Waals surface area contributed by atoms with Gasteiger partial charge in [0.25, 0.3) is 5.91 Å². The molecule has 0 atom stereocenters. The Balaban J connectivity index is 1.43. The highest BCUT2D eigenvalue weighted by atomic mass is 19.1. The highest BCUT2D eigenvalue weighted by molar-refractivity contribution is 6.00. The quantitative estimate of drug-likeness (QED) is 0.389. The molecule has 0 spiro atoms. The van der Waals surface area contributed by atoms with Crippen LogP contribution in [0, 0.1) is 5.82 Å². The third-order valence-corrected chi connectivity index (χ3v) is 6.68. The summed E-state index contributed by atoms with van der Waals surface area (Å²) in [6, 6.07) is 10.5. The molecule has 2 aromatic carbocycles. The Morgan fingerprint density at radius 3 is 2.44 bits per heavy atom. The summed E-state index contributed by atoms with van der Waals surface area (Å²) < 4.78 is 20.7. The first-order valence-electron chi connectivity index (χ1n) is 12.2. The fraction of sp³-hybridized carbons (Fsp3) is 0.370. The number of amides is 1. The van der Waals surface area contributed by atoms with Gasteiger partial charge in [-0.15, -0.1) is 0 Å². The molecule has 9 heteroatoms. The molecule has 1 saturated heterocycles. The average Bonchev–Trinajstić information content (AvgIpc) is 3.39. The van der Waals surface area contributed by atoms with Gasteiger partial charge in [0, 0.05) is 50.1 Å².